The van der Waals surface area contributed by atoms with Crippen molar-refractivity contribution in [3.8, 4) is 0 Å². The molecule has 2 N–H and O–H groups in total. The second-order valence-electron chi connectivity index (χ2n) is 5.00. The molecule has 0 aliphatic heterocycles. The number of hydrogen-bond acceptors (Lipinski definition) is 5. The van der Waals surface area contributed by atoms with Gasteiger partial charge in [-0.2, -0.15) is 0 Å². The molecule has 3 rings (SSSR count). The summed E-state index contributed by atoms with van der Waals surface area (Å²) in [6, 6.07) is 10.9. The van der Waals surface area contributed by atoms with E-state index in [9.17, 15) is 9.59 Å². The molecule has 0 saturated heterocycles. The number of nitrogens with one attached hydrogen (secondary N) is 2. The number of rotatable bonds is 2. The highest BCUT2D eigenvalue weighted by Crippen LogP contribution is 2.12. The van der Waals surface area contributed by atoms with E-state index in [1.165, 1.54) is 0 Å². The SMILES string of the molecule is Cc1noc(C)c1C(=O)NNC(=O)c1ccc2ccccc2n1. The Morgan fingerprint density at radius 2 is 1.74 bits per heavy atom. The largest absolute Gasteiger partial charge is 0.361 e. The Kier molecular flexibility index (Phi) is 3.76. The van der Waals surface area contributed by atoms with Gasteiger partial charge in [-0.25, -0.2) is 4.98 Å². The number of benzene rings is 1. The fourth-order valence-corrected chi connectivity index (χ4v) is 2.24. The number of pyridine rings is 1. The summed E-state index contributed by atoms with van der Waals surface area (Å²) < 4.78 is 4.92. The highest BCUT2D eigenvalue weighted by molar-refractivity contribution is 6.00. The average Bonchev–Trinajstić information content (AvgIpc) is 2.90. The fourth-order valence-electron chi connectivity index (χ4n) is 2.24. The summed E-state index contributed by atoms with van der Waals surface area (Å²) in [4.78, 5) is 28.4. The minimum absolute atomic E-state index is 0.211. The van der Waals surface area contributed by atoms with E-state index < -0.39 is 11.8 Å². The Bertz CT molecular complexity index is 882. The van der Waals surface area contributed by atoms with Crippen molar-refractivity contribution in [2.24, 2.45) is 0 Å². The van der Waals surface area contributed by atoms with Crippen LogP contribution in [0.3, 0.4) is 0 Å². The van der Waals surface area contributed by atoms with E-state index in [0.717, 1.165) is 5.39 Å². The van der Waals surface area contributed by atoms with Crippen LogP contribution in [-0.2, 0) is 0 Å². The van der Waals surface area contributed by atoms with Gasteiger partial charge in [0.25, 0.3) is 11.8 Å². The van der Waals surface area contributed by atoms with Crippen LogP contribution in [0.2, 0.25) is 0 Å². The molecule has 3 aromatic rings. The first-order valence-corrected chi connectivity index (χ1v) is 6.95. The van der Waals surface area contributed by atoms with Crippen molar-refractivity contribution in [2.45, 2.75) is 13.8 Å². The maximum Gasteiger partial charge on any atom is 0.288 e. The number of fused-ring (bicyclic) bond motifs is 1. The molecule has 1 aromatic carbocycles. The van der Waals surface area contributed by atoms with E-state index in [1.54, 1.807) is 26.0 Å². The second kappa shape index (κ2) is 5.88. The fraction of sp³-hybridized carbons (Fsp3) is 0.125. The molecule has 0 fully saturated rings. The van der Waals surface area contributed by atoms with Crippen LogP contribution in [0.4, 0.5) is 0 Å². The van der Waals surface area contributed by atoms with E-state index in [-0.39, 0.29) is 5.69 Å². The predicted molar refractivity (Wildman–Crippen MR) is 82.7 cm³/mol. The Balaban J connectivity index is 1.72. The molecule has 0 radical (unpaired) electrons. The zero-order valence-electron chi connectivity index (χ0n) is 12.6. The summed E-state index contributed by atoms with van der Waals surface area (Å²) >= 11 is 0. The van der Waals surface area contributed by atoms with Crippen LogP contribution in [0.25, 0.3) is 10.9 Å². The van der Waals surface area contributed by atoms with Gasteiger partial charge in [0.15, 0.2) is 0 Å². The number of nitrogens with zero attached hydrogens (tertiary/aromatic N) is 2. The molecule has 7 heteroatoms. The lowest BCUT2D eigenvalue weighted by atomic mass is 10.2. The maximum atomic E-state index is 12.1. The van der Waals surface area contributed by atoms with Gasteiger partial charge < -0.3 is 4.52 Å². The van der Waals surface area contributed by atoms with Crippen molar-refractivity contribution in [2.75, 3.05) is 0 Å². The molecule has 23 heavy (non-hydrogen) atoms. The summed E-state index contributed by atoms with van der Waals surface area (Å²) in [5.74, 6) is -0.607. The van der Waals surface area contributed by atoms with Crippen molar-refractivity contribution >= 4 is 22.7 Å². The zero-order chi connectivity index (χ0) is 16.4. The monoisotopic (exact) mass is 310 g/mol. The minimum Gasteiger partial charge on any atom is -0.361 e. The molecule has 7 nitrogen and oxygen atoms in total. The molecule has 0 bridgehead atoms. The summed E-state index contributed by atoms with van der Waals surface area (Å²) in [6.45, 7) is 3.28. The second-order valence-corrected chi connectivity index (χ2v) is 5.00. The lowest BCUT2D eigenvalue weighted by molar-refractivity contribution is 0.0843. The van der Waals surface area contributed by atoms with Gasteiger partial charge >= 0.3 is 0 Å². The smallest absolute Gasteiger partial charge is 0.288 e. The molecule has 0 aliphatic rings. The first kappa shape index (κ1) is 14.7. The molecule has 0 saturated carbocycles. The van der Waals surface area contributed by atoms with Crippen LogP contribution in [0, 0.1) is 13.8 Å². The molecular formula is C16H14N4O3. The number of para-hydroxylation sites is 1. The Morgan fingerprint density at radius 1 is 1.00 bits per heavy atom. The van der Waals surface area contributed by atoms with E-state index >= 15 is 0 Å². The standard InChI is InChI=1S/C16H14N4O3/c1-9-14(10(2)23-20-9)16(22)19-18-15(21)13-8-7-11-5-3-4-6-12(11)17-13/h3-8H,1-2H3,(H,18,21)(H,19,22). The third-order valence-electron chi connectivity index (χ3n) is 3.38. The van der Waals surface area contributed by atoms with Crippen LogP contribution in [0.5, 0.6) is 0 Å². The van der Waals surface area contributed by atoms with Crippen LogP contribution in [0.15, 0.2) is 40.9 Å². The van der Waals surface area contributed by atoms with Gasteiger partial charge in [-0.15, -0.1) is 0 Å². The minimum atomic E-state index is -0.504. The van der Waals surface area contributed by atoms with Gasteiger partial charge in [0.05, 0.1) is 11.2 Å². The normalized spacial score (nSPS) is 10.5. The summed E-state index contributed by atoms with van der Waals surface area (Å²) in [6.07, 6.45) is 0. The molecular weight excluding hydrogens is 296 g/mol. The van der Waals surface area contributed by atoms with Crippen LogP contribution < -0.4 is 10.9 Å². The molecule has 0 aliphatic carbocycles. The number of hydrogen-bond donors (Lipinski definition) is 2. The topological polar surface area (TPSA) is 97.1 Å². The van der Waals surface area contributed by atoms with Crippen molar-refractivity contribution in [3.05, 3.63) is 59.1 Å². The van der Waals surface area contributed by atoms with Crippen molar-refractivity contribution in [3.63, 3.8) is 0 Å². The van der Waals surface area contributed by atoms with Crippen molar-refractivity contribution in [1.29, 1.82) is 0 Å². The van der Waals surface area contributed by atoms with E-state index in [4.69, 9.17) is 4.52 Å². The molecule has 0 spiro atoms. The van der Waals surface area contributed by atoms with E-state index in [1.807, 2.05) is 24.3 Å². The third kappa shape index (κ3) is 2.89. The van der Waals surface area contributed by atoms with Crippen LogP contribution in [0.1, 0.15) is 32.3 Å². The lowest BCUT2D eigenvalue weighted by Gasteiger charge is -2.07. The molecule has 2 aromatic heterocycles. The number of amides is 2. The van der Waals surface area contributed by atoms with E-state index in [2.05, 4.69) is 21.0 Å². The molecule has 2 heterocycles. The predicted octanol–water partition coefficient (Wildman–Crippen LogP) is 1.91. The van der Waals surface area contributed by atoms with Crippen molar-refractivity contribution < 1.29 is 14.1 Å². The van der Waals surface area contributed by atoms with Gasteiger partial charge in [-0.3, -0.25) is 20.4 Å². The summed E-state index contributed by atoms with van der Waals surface area (Å²) in [5.41, 5.74) is 6.35. The number of carbonyl (C=O) groups is 2. The molecule has 2 amide bonds. The van der Waals surface area contributed by atoms with Gasteiger partial charge in [-0.05, 0) is 26.0 Å². The number of carbonyl (C=O) groups excluding carboxylic acids is 2. The summed E-state index contributed by atoms with van der Waals surface area (Å²) in [7, 11) is 0. The summed E-state index contributed by atoms with van der Waals surface area (Å²) in [5, 5.41) is 4.63. The first-order chi connectivity index (χ1) is 11.1. The third-order valence-corrected chi connectivity index (χ3v) is 3.38. The number of aryl methyl sites for hydroxylation is 2. The average molecular weight is 310 g/mol. The lowest BCUT2D eigenvalue weighted by Crippen LogP contribution is -2.42. The maximum absolute atomic E-state index is 12.1. The van der Waals surface area contributed by atoms with Gasteiger partial charge in [0, 0.05) is 5.39 Å². The van der Waals surface area contributed by atoms with Gasteiger partial charge in [0.1, 0.15) is 17.0 Å². The molecule has 116 valence electrons. The van der Waals surface area contributed by atoms with Crippen LogP contribution >= 0.6 is 0 Å². The van der Waals surface area contributed by atoms with Gasteiger partial charge in [0.2, 0.25) is 0 Å². The highest BCUT2D eigenvalue weighted by Gasteiger charge is 2.18. The van der Waals surface area contributed by atoms with Crippen molar-refractivity contribution in [1.82, 2.24) is 21.0 Å². The van der Waals surface area contributed by atoms with Crippen LogP contribution in [-0.4, -0.2) is 22.0 Å². The Labute approximate surface area is 131 Å². The van der Waals surface area contributed by atoms with E-state index in [0.29, 0.717) is 22.5 Å². The van der Waals surface area contributed by atoms with Gasteiger partial charge in [-0.1, -0.05) is 29.4 Å². The molecule has 0 unspecified atom stereocenters. The zero-order valence-corrected chi connectivity index (χ0v) is 12.6. The first-order valence-electron chi connectivity index (χ1n) is 6.95. The highest BCUT2D eigenvalue weighted by atomic mass is 16.5. The quantitative estimate of drug-likeness (QED) is 0.705. The number of aromatic nitrogens is 2. The Hall–Kier alpha value is -3.22. The molecule has 0 atom stereocenters. The Morgan fingerprint density at radius 3 is 2.48 bits per heavy atom. The number of hydrazine groups is 1.